The fourth-order valence-corrected chi connectivity index (χ4v) is 4.46. The zero-order valence-electron chi connectivity index (χ0n) is 15.4. The number of hydrogen-bond donors (Lipinski definition) is 1. The minimum atomic E-state index is -0.357. The van der Waals surface area contributed by atoms with Crippen molar-refractivity contribution in [1.29, 1.82) is 0 Å². The second-order valence-electron chi connectivity index (χ2n) is 7.18. The highest BCUT2D eigenvalue weighted by atomic mass is 32.1. The molecule has 1 saturated carbocycles. The molecular formula is C20H26N2O3S. The Kier molecular flexibility index (Phi) is 6.25. The van der Waals surface area contributed by atoms with Gasteiger partial charge in [0.05, 0.1) is 21.6 Å². The van der Waals surface area contributed by atoms with Gasteiger partial charge in [-0.1, -0.05) is 38.8 Å². The molecule has 0 bridgehead atoms. The van der Waals surface area contributed by atoms with Gasteiger partial charge in [0, 0.05) is 12.5 Å². The van der Waals surface area contributed by atoms with E-state index in [1.54, 1.807) is 11.3 Å². The first kappa shape index (κ1) is 18.8. The normalized spacial score (nSPS) is 22.9. The average Bonchev–Trinajstić information content (AvgIpc) is 3.05. The van der Waals surface area contributed by atoms with Crippen LogP contribution in [0.3, 0.4) is 0 Å². The Morgan fingerprint density at radius 2 is 2.08 bits per heavy atom. The quantitative estimate of drug-likeness (QED) is 0.783. The fourth-order valence-electron chi connectivity index (χ4n) is 3.49. The number of aromatic nitrogens is 1. The zero-order chi connectivity index (χ0) is 18.5. The first-order valence-electron chi connectivity index (χ1n) is 9.32. The molecule has 0 aliphatic heterocycles. The van der Waals surface area contributed by atoms with Crippen molar-refractivity contribution in [3.8, 4) is 0 Å². The van der Waals surface area contributed by atoms with Gasteiger partial charge in [-0.2, -0.15) is 0 Å². The summed E-state index contributed by atoms with van der Waals surface area (Å²) >= 11 is 1.59. The third-order valence-electron chi connectivity index (χ3n) is 5.30. The van der Waals surface area contributed by atoms with E-state index in [1.165, 1.54) is 6.42 Å². The molecule has 1 aromatic heterocycles. The smallest absolute Gasteiger partial charge is 0.306 e. The molecule has 1 fully saturated rings. The highest BCUT2D eigenvalue weighted by molar-refractivity contribution is 7.18. The van der Waals surface area contributed by atoms with Crippen molar-refractivity contribution in [1.82, 2.24) is 10.3 Å². The van der Waals surface area contributed by atoms with E-state index in [1.807, 2.05) is 24.3 Å². The molecule has 0 spiro atoms. The molecule has 0 saturated heterocycles. The lowest BCUT2D eigenvalue weighted by molar-refractivity contribution is -0.148. The van der Waals surface area contributed by atoms with Gasteiger partial charge >= 0.3 is 5.97 Å². The van der Waals surface area contributed by atoms with Crippen molar-refractivity contribution in [2.75, 3.05) is 6.61 Å². The Balaban J connectivity index is 1.40. The number of nitrogens with one attached hydrogen (secondary N) is 1. The van der Waals surface area contributed by atoms with Crippen LogP contribution in [-0.4, -0.2) is 29.5 Å². The van der Waals surface area contributed by atoms with Gasteiger partial charge in [0.1, 0.15) is 0 Å². The fraction of sp³-hybridized carbons (Fsp3) is 0.550. The highest BCUT2D eigenvalue weighted by Crippen LogP contribution is 2.29. The largest absolute Gasteiger partial charge is 0.456 e. The van der Waals surface area contributed by atoms with E-state index < -0.39 is 0 Å². The number of benzene rings is 1. The molecule has 0 radical (unpaired) electrons. The number of amides is 1. The Bertz CT molecular complexity index is 740. The molecular weight excluding hydrogens is 348 g/mol. The lowest BCUT2D eigenvalue weighted by Crippen LogP contribution is -2.45. The van der Waals surface area contributed by atoms with E-state index in [0.29, 0.717) is 18.3 Å². The van der Waals surface area contributed by atoms with Gasteiger partial charge < -0.3 is 10.1 Å². The minimum absolute atomic E-state index is 0.188. The first-order chi connectivity index (χ1) is 12.5. The molecule has 140 valence electrons. The summed E-state index contributed by atoms with van der Waals surface area (Å²) in [5.41, 5.74) is 0.955. The Morgan fingerprint density at radius 1 is 1.27 bits per heavy atom. The van der Waals surface area contributed by atoms with Crippen molar-refractivity contribution in [3.63, 3.8) is 0 Å². The molecule has 1 aliphatic carbocycles. The van der Waals surface area contributed by atoms with Crippen LogP contribution in [0.15, 0.2) is 24.3 Å². The van der Waals surface area contributed by atoms with Gasteiger partial charge in [0.25, 0.3) is 5.91 Å². The number of ether oxygens (including phenoxy) is 1. The van der Waals surface area contributed by atoms with Crippen LogP contribution in [0.2, 0.25) is 0 Å². The number of esters is 1. The van der Waals surface area contributed by atoms with Crippen LogP contribution < -0.4 is 5.32 Å². The number of carbonyl (C=O) groups is 2. The molecule has 26 heavy (non-hydrogen) atoms. The molecule has 3 atom stereocenters. The van der Waals surface area contributed by atoms with Crippen molar-refractivity contribution in [2.24, 2.45) is 11.8 Å². The first-order valence-corrected chi connectivity index (χ1v) is 10.1. The Labute approximate surface area is 158 Å². The number of nitrogens with zero attached hydrogens (tertiary/aromatic N) is 1. The molecule has 6 heteroatoms. The van der Waals surface area contributed by atoms with Crippen LogP contribution >= 0.6 is 11.3 Å². The predicted molar refractivity (Wildman–Crippen MR) is 103 cm³/mol. The molecule has 0 unspecified atom stereocenters. The highest BCUT2D eigenvalue weighted by Gasteiger charge is 2.28. The minimum Gasteiger partial charge on any atom is -0.456 e. The third kappa shape index (κ3) is 4.81. The maximum absolute atomic E-state index is 12.1. The zero-order valence-corrected chi connectivity index (χ0v) is 16.2. The second-order valence-corrected chi connectivity index (χ2v) is 8.29. The summed E-state index contributed by atoms with van der Waals surface area (Å²) in [4.78, 5) is 28.5. The van der Waals surface area contributed by atoms with E-state index in [2.05, 4.69) is 24.1 Å². The number of thiazole rings is 1. The number of aryl methyl sites for hydroxylation is 1. The summed E-state index contributed by atoms with van der Waals surface area (Å²) in [5.74, 6) is 0.515. The molecule has 1 aliphatic rings. The van der Waals surface area contributed by atoms with Gasteiger partial charge in [-0.3, -0.25) is 9.59 Å². The van der Waals surface area contributed by atoms with Gasteiger partial charge in [0.2, 0.25) is 0 Å². The summed E-state index contributed by atoms with van der Waals surface area (Å²) in [7, 11) is 0. The van der Waals surface area contributed by atoms with Crippen LogP contribution in [0.5, 0.6) is 0 Å². The summed E-state index contributed by atoms with van der Waals surface area (Å²) < 4.78 is 6.25. The molecule has 3 rings (SSSR count). The number of carbonyl (C=O) groups excluding carboxylic acids is 2. The van der Waals surface area contributed by atoms with Gasteiger partial charge in [-0.25, -0.2) is 4.98 Å². The van der Waals surface area contributed by atoms with E-state index in [9.17, 15) is 9.59 Å². The summed E-state index contributed by atoms with van der Waals surface area (Å²) in [6.45, 7) is 4.21. The third-order valence-corrected chi connectivity index (χ3v) is 6.39. The van der Waals surface area contributed by atoms with Crippen molar-refractivity contribution in [2.45, 2.75) is 52.0 Å². The van der Waals surface area contributed by atoms with Crippen LogP contribution in [0, 0.1) is 11.8 Å². The van der Waals surface area contributed by atoms with Gasteiger partial charge in [-0.15, -0.1) is 11.3 Å². The SMILES string of the molecule is C[C@@H]1[C@H](C)CCC[C@H]1NC(=O)COC(=O)CCc1nc2ccccc2s1. The number of para-hydroxylation sites is 1. The number of rotatable bonds is 6. The summed E-state index contributed by atoms with van der Waals surface area (Å²) in [5, 5.41) is 3.93. The van der Waals surface area contributed by atoms with Crippen molar-refractivity contribution >= 4 is 33.4 Å². The van der Waals surface area contributed by atoms with Crippen molar-refractivity contribution < 1.29 is 14.3 Å². The van der Waals surface area contributed by atoms with Crippen LogP contribution in [0.1, 0.15) is 44.5 Å². The van der Waals surface area contributed by atoms with E-state index >= 15 is 0 Å². The molecule has 2 aromatic rings. The van der Waals surface area contributed by atoms with E-state index in [4.69, 9.17) is 4.74 Å². The molecule has 5 nitrogen and oxygen atoms in total. The predicted octanol–water partition coefficient (Wildman–Crippen LogP) is 3.71. The van der Waals surface area contributed by atoms with E-state index in [0.717, 1.165) is 28.1 Å². The van der Waals surface area contributed by atoms with Crippen LogP contribution in [-0.2, 0) is 20.7 Å². The number of fused-ring (bicyclic) bond motifs is 1. The summed E-state index contributed by atoms with van der Waals surface area (Å²) in [6, 6.07) is 8.10. The monoisotopic (exact) mass is 374 g/mol. The standard InChI is InChI=1S/C20H26N2O3S/c1-13-6-5-8-15(14(13)2)21-18(23)12-25-20(24)11-10-19-22-16-7-3-4-9-17(16)26-19/h3-4,7,9,13-15H,5-6,8,10-12H2,1-2H3,(H,21,23)/t13-,14-,15-/m1/s1. The molecule has 1 amide bonds. The maximum Gasteiger partial charge on any atom is 0.306 e. The Hall–Kier alpha value is -1.95. The van der Waals surface area contributed by atoms with Crippen LogP contribution in [0.25, 0.3) is 10.2 Å². The van der Waals surface area contributed by atoms with Gasteiger partial charge in [0.15, 0.2) is 6.61 Å². The second kappa shape index (κ2) is 8.62. The van der Waals surface area contributed by atoms with Crippen LogP contribution in [0.4, 0.5) is 0 Å². The van der Waals surface area contributed by atoms with E-state index in [-0.39, 0.29) is 30.9 Å². The topological polar surface area (TPSA) is 68.3 Å². The summed E-state index contributed by atoms with van der Waals surface area (Å²) in [6.07, 6.45) is 4.14. The molecule has 1 heterocycles. The maximum atomic E-state index is 12.1. The van der Waals surface area contributed by atoms with Crippen molar-refractivity contribution in [3.05, 3.63) is 29.3 Å². The lowest BCUT2D eigenvalue weighted by Gasteiger charge is -2.34. The lowest BCUT2D eigenvalue weighted by atomic mass is 9.78. The number of hydrogen-bond acceptors (Lipinski definition) is 5. The van der Waals surface area contributed by atoms with Gasteiger partial charge in [-0.05, 0) is 30.4 Å². The Morgan fingerprint density at radius 3 is 2.88 bits per heavy atom. The molecule has 1 aromatic carbocycles. The molecule has 1 N–H and O–H groups in total. The average molecular weight is 375 g/mol.